The lowest BCUT2D eigenvalue weighted by molar-refractivity contribution is -0.149. The van der Waals surface area contributed by atoms with Crippen LogP contribution in [0.1, 0.15) is 41.0 Å². The largest absolute Gasteiger partial charge is 0.488 e. The number of esters is 1. The number of hydrogen-bond acceptors (Lipinski definition) is 5. The minimum atomic E-state index is -1.00. The summed E-state index contributed by atoms with van der Waals surface area (Å²) in [5.41, 5.74) is 0.592. The fourth-order valence-electron chi connectivity index (χ4n) is 3.23. The Morgan fingerprint density at radius 2 is 1.63 bits per heavy atom. The van der Waals surface area contributed by atoms with Crippen LogP contribution in [-0.2, 0) is 9.53 Å². The molecule has 6 nitrogen and oxygen atoms in total. The standard InChI is InChI=1S/C22H21Cl2NO5/c1-13(2)11-18(25-20(26)15-5-3-4-6-16(15)21(25)27)22(28)30-10-9-29-19-8-7-14(23)12-17(19)24/h3-8,12-13,18H,9-11H2,1-2H3. The quantitative estimate of drug-likeness (QED) is 0.333. The van der Waals surface area contributed by atoms with Crippen molar-refractivity contribution < 1.29 is 23.9 Å². The lowest BCUT2D eigenvalue weighted by atomic mass is 10.0. The van der Waals surface area contributed by atoms with E-state index in [-0.39, 0.29) is 19.1 Å². The van der Waals surface area contributed by atoms with Gasteiger partial charge in [-0.1, -0.05) is 49.2 Å². The van der Waals surface area contributed by atoms with E-state index >= 15 is 0 Å². The first-order chi connectivity index (χ1) is 14.3. The molecule has 8 heteroatoms. The molecular weight excluding hydrogens is 429 g/mol. The molecule has 2 amide bonds. The van der Waals surface area contributed by atoms with Gasteiger partial charge in [0.05, 0.1) is 16.1 Å². The Morgan fingerprint density at radius 3 is 2.20 bits per heavy atom. The summed E-state index contributed by atoms with van der Waals surface area (Å²) in [5.74, 6) is -1.14. The molecule has 0 spiro atoms. The molecule has 1 heterocycles. The zero-order valence-electron chi connectivity index (χ0n) is 16.6. The van der Waals surface area contributed by atoms with Gasteiger partial charge in [0.1, 0.15) is 25.0 Å². The van der Waals surface area contributed by atoms with E-state index in [9.17, 15) is 14.4 Å². The van der Waals surface area contributed by atoms with Gasteiger partial charge in [0.15, 0.2) is 0 Å². The summed E-state index contributed by atoms with van der Waals surface area (Å²) in [4.78, 5) is 39.3. The minimum absolute atomic E-state index is 0.0591. The van der Waals surface area contributed by atoms with E-state index in [2.05, 4.69) is 0 Å². The van der Waals surface area contributed by atoms with Gasteiger partial charge < -0.3 is 9.47 Å². The average molecular weight is 450 g/mol. The number of imide groups is 1. The lowest BCUT2D eigenvalue weighted by Gasteiger charge is -2.26. The molecule has 1 aliphatic rings. The number of carbonyl (C=O) groups excluding carboxylic acids is 3. The van der Waals surface area contributed by atoms with Gasteiger partial charge in [0.25, 0.3) is 11.8 Å². The first-order valence-electron chi connectivity index (χ1n) is 9.51. The lowest BCUT2D eigenvalue weighted by Crippen LogP contribution is -2.46. The summed E-state index contributed by atoms with van der Waals surface area (Å²) >= 11 is 11.9. The number of amides is 2. The van der Waals surface area contributed by atoms with Gasteiger partial charge in [-0.05, 0) is 42.7 Å². The van der Waals surface area contributed by atoms with E-state index in [1.54, 1.807) is 42.5 Å². The maximum atomic E-state index is 12.8. The normalized spacial score (nSPS) is 14.1. The third kappa shape index (κ3) is 4.77. The number of halogens is 2. The van der Waals surface area contributed by atoms with Crippen molar-refractivity contribution in [3.05, 3.63) is 63.6 Å². The van der Waals surface area contributed by atoms with Gasteiger partial charge >= 0.3 is 5.97 Å². The molecule has 0 aliphatic carbocycles. The second-order valence-electron chi connectivity index (χ2n) is 7.26. The Hall–Kier alpha value is -2.57. The summed E-state index contributed by atoms with van der Waals surface area (Å²) in [7, 11) is 0. The molecule has 0 fully saturated rings. The van der Waals surface area contributed by atoms with E-state index in [1.165, 1.54) is 0 Å². The maximum absolute atomic E-state index is 12.8. The zero-order chi connectivity index (χ0) is 21.8. The van der Waals surface area contributed by atoms with E-state index in [4.69, 9.17) is 32.7 Å². The highest BCUT2D eigenvalue weighted by Gasteiger charge is 2.43. The van der Waals surface area contributed by atoms with Crippen molar-refractivity contribution in [3.8, 4) is 5.75 Å². The number of hydrogen-bond donors (Lipinski definition) is 0. The molecule has 0 saturated heterocycles. The molecule has 30 heavy (non-hydrogen) atoms. The van der Waals surface area contributed by atoms with Crippen molar-refractivity contribution >= 4 is 41.0 Å². The van der Waals surface area contributed by atoms with Gasteiger partial charge in [-0.3, -0.25) is 14.5 Å². The highest BCUT2D eigenvalue weighted by molar-refractivity contribution is 6.35. The van der Waals surface area contributed by atoms with Crippen molar-refractivity contribution in [1.82, 2.24) is 4.90 Å². The van der Waals surface area contributed by atoms with E-state index in [0.717, 1.165) is 4.90 Å². The van der Waals surface area contributed by atoms with Crippen molar-refractivity contribution in [2.75, 3.05) is 13.2 Å². The summed E-state index contributed by atoms with van der Waals surface area (Å²) in [6.07, 6.45) is 0.300. The van der Waals surface area contributed by atoms with Crippen molar-refractivity contribution in [1.29, 1.82) is 0 Å². The molecule has 158 valence electrons. The maximum Gasteiger partial charge on any atom is 0.329 e. The average Bonchev–Trinajstić information content (AvgIpc) is 2.95. The Morgan fingerprint density at radius 1 is 1.00 bits per heavy atom. The number of ether oxygens (including phenoxy) is 2. The van der Waals surface area contributed by atoms with Crippen molar-refractivity contribution in [3.63, 3.8) is 0 Å². The Labute approximate surface area is 184 Å². The molecule has 3 rings (SSSR count). The van der Waals surface area contributed by atoms with Crippen LogP contribution >= 0.6 is 23.2 Å². The summed E-state index contributed by atoms with van der Waals surface area (Å²) < 4.78 is 10.8. The highest BCUT2D eigenvalue weighted by atomic mass is 35.5. The van der Waals surface area contributed by atoms with Crippen LogP contribution in [-0.4, -0.2) is 41.9 Å². The van der Waals surface area contributed by atoms with Crippen LogP contribution in [0, 0.1) is 5.92 Å². The van der Waals surface area contributed by atoms with Crippen LogP contribution in [0.2, 0.25) is 10.0 Å². The monoisotopic (exact) mass is 449 g/mol. The molecule has 1 unspecified atom stereocenters. The first-order valence-corrected chi connectivity index (χ1v) is 10.3. The van der Waals surface area contributed by atoms with E-state index in [1.807, 2.05) is 13.8 Å². The van der Waals surface area contributed by atoms with Gasteiger partial charge in [-0.25, -0.2) is 4.79 Å². The van der Waals surface area contributed by atoms with Gasteiger partial charge in [-0.15, -0.1) is 0 Å². The van der Waals surface area contributed by atoms with Crippen LogP contribution in [0.3, 0.4) is 0 Å². The van der Waals surface area contributed by atoms with Crippen LogP contribution in [0.25, 0.3) is 0 Å². The fraction of sp³-hybridized carbons (Fsp3) is 0.318. The minimum Gasteiger partial charge on any atom is -0.488 e. The molecule has 2 aromatic rings. The summed E-state index contributed by atoms with van der Waals surface area (Å²) in [5, 5.41) is 0.828. The molecule has 1 aliphatic heterocycles. The van der Waals surface area contributed by atoms with Crippen molar-refractivity contribution in [2.45, 2.75) is 26.3 Å². The van der Waals surface area contributed by atoms with E-state index in [0.29, 0.717) is 33.3 Å². The number of benzene rings is 2. The second kappa shape index (κ2) is 9.49. The number of nitrogens with zero attached hydrogens (tertiary/aromatic N) is 1. The molecule has 0 saturated carbocycles. The SMILES string of the molecule is CC(C)CC(C(=O)OCCOc1ccc(Cl)cc1Cl)N1C(=O)c2ccccc2C1=O. The first kappa shape index (κ1) is 22.1. The molecule has 0 aromatic heterocycles. The van der Waals surface area contributed by atoms with Crippen LogP contribution < -0.4 is 4.74 Å². The Bertz CT molecular complexity index is 941. The highest BCUT2D eigenvalue weighted by Crippen LogP contribution is 2.28. The third-order valence-corrected chi connectivity index (χ3v) is 5.11. The number of carbonyl (C=O) groups is 3. The molecular formula is C22H21Cl2NO5. The zero-order valence-corrected chi connectivity index (χ0v) is 18.1. The number of rotatable bonds is 8. The number of fused-ring (bicyclic) bond motifs is 1. The molecule has 0 bridgehead atoms. The molecule has 2 aromatic carbocycles. The van der Waals surface area contributed by atoms with Gasteiger partial charge in [0.2, 0.25) is 0 Å². The van der Waals surface area contributed by atoms with Crippen LogP contribution in [0.15, 0.2) is 42.5 Å². The Balaban J connectivity index is 1.65. The topological polar surface area (TPSA) is 72.9 Å². The predicted octanol–water partition coefficient (Wildman–Crippen LogP) is 4.63. The van der Waals surface area contributed by atoms with Gasteiger partial charge in [-0.2, -0.15) is 0 Å². The second-order valence-corrected chi connectivity index (χ2v) is 8.11. The smallest absolute Gasteiger partial charge is 0.329 e. The molecule has 0 N–H and O–H groups in total. The van der Waals surface area contributed by atoms with Gasteiger partial charge in [0, 0.05) is 5.02 Å². The Kier molecular flexibility index (Phi) is 7.00. The fourth-order valence-corrected chi connectivity index (χ4v) is 3.69. The van der Waals surface area contributed by atoms with Crippen molar-refractivity contribution in [2.24, 2.45) is 5.92 Å². The predicted molar refractivity (Wildman–Crippen MR) is 113 cm³/mol. The molecule has 0 radical (unpaired) electrons. The van der Waals surface area contributed by atoms with E-state index < -0.39 is 23.8 Å². The van der Waals surface area contributed by atoms with Crippen LogP contribution in [0.5, 0.6) is 5.75 Å². The summed E-state index contributed by atoms with van der Waals surface area (Å²) in [6.45, 7) is 3.81. The summed E-state index contributed by atoms with van der Waals surface area (Å²) in [6, 6.07) is 10.3. The third-order valence-electron chi connectivity index (χ3n) is 4.58. The van der Waals surface area contributed by atoms with Crippen LogP contribution in [0.4, 0.5) is 0 Å². The molecule has 1 atom stereocenters.